The summed E-state index contributed by atoms with van der Waals surface area (Å²) in [7, 11) is 0.754. The molecule has 2 aromatic rings. The zero-order chi connectivity index (χ0) is 15.8. The van der Waals surface area contributed by atoms with E-state index >= 15 is 0 Å². The zero-order valence-corrected chi connectivity index (χ0v) is 11.7. The molecular formula is C13H7ClF4O2S. The predicted molar refractivity (Wildman–Crippen MR) is 69.9 cm³/mol. The van der Waals surface area contributed by atoms with Crippen molar-refractivity contribution in [2.24, 2.45) is 0 Å². The third-order valence-corrected chi connectivity index (χ3v) is 4.01. The fourth-order valence-electron chi connectivity index (χ4n) is 1.74. The van der Waals surface area contributed by atoms with Crippen LogP contribution in [0.25, 0.3) is 11.1 Å². The Morgan fingerprint density at radius 3 is 2.14 bits per heavy atom. The molecule has 0 aliphatic rings. The Labute approximate surface area is 122 Å². The molecule has 0 aliphatic carbocycles. The number of alkyl halides is 3. The molecule has 0 heterocycles. The second-order valence-electron chi connectivity index (χ2n) is 4.19. The number of rotatable bonds is 2. The van der Waals surface area contributed by atoms with E-state index < -0.39 is 31.5 Å². The van der Waals surface area contributed by atoms with Crippen LogP contribution in [0.3, 0.4) is 0 Å². The van der Waals surface area contributed by atoms with Crippen molar-refractivity contribution in [1.29, 1.82) is 0 Å². The fraction of sp³-hybridized carbons (Fsp3) is 0.0769. The van der Waals surface area contributed by atoms with Gasteiger partial charge >= 0.3 is 6.18 Å². The molecule has 2 rings (SSSR count). The summed E-state index contributed by atoms with van der Waals surface area (Å²) in [5.74, 6) is -0.653. The van der Waals surface area contributed by atoms with Crippen molar-refractivity contribution >= 4 is 19.7 Å². The highest BCUT2D eigenvalue weighted by atomic mass is 35.7. The molecule has 0 aliphatic heterocycles. The average Bonchev–Trinajstić information content (AvgIpc) is 2.36. The molecule has 2 nitrogen and oxygen atoms in total. The van der Waals surface area contributed by atoms with E-state index in [2.05, 4.69) is 0 Å². The summed E-state index contributed by atoms with van der Waals surface area (Å²) >= 11 is 0. The molecule has 0 saturated carbocycles. The molecule has 0 fully saturated rings. The summed E-state index contributed by atoms with van der Waals surface area (Å²) in [6, 6.07) is 6.93. The third kappa shape index (κ3) is 3.74. The first-order chi connectivity index (χ1) is 9.57. The molecule has 0 unspecified atom stereocenters. The van der Waals surface area contributed by atoms with Crippen LogP contribution >= 0.6 is 10.7 Å². The van der Waals surface area contributed by atoms with Crippen molar-refractivity contribution in [3.8, 4) is 11.1 Å². The van der Waals surface area contributed by atoms with Crippen LogP contribution in [0.2, 0.25) is 0 Å². The van der Waals surface area contributed by atoms with E-state index in [9.17, 15) is 26.0 Å². The van der Waals surface area contributed by atoms with Crippen LogP contribution in [0.4, 0.5) is 17.6 Å². The van der Waals surface area contributed by atoms with Gasteiger partial charge in [0.1, 0.15) is 5.82 Å². The molecule has 0 bridgehead atoms. The van der Waals surface area contributed by atoms with Gasteiger partial charge in [-0.15, -0.1) is 0 Å². The molecule has 2 aromatic carbocycles. The van der Waals surface area contributed by atoms with Gasteiger partial charge in [0.2, 0.25) is 0 Å². The first-order valence-electron chi connectivity index (χ1n) is 5.50. The highest BCUT2D eigenvalue weighted by Crippen LogP contribution is 2.35. The van der Waals surface area contributed by atoms with Crippen molar-refractivity contribution in [1.82, 2.24) is 0 Å². The van der Waals surface area contributed by atoms with Gasteiger partial charge in [0.05, 0.1) is 10.5 Å². The van der Waals surface area contributed by atoms with Gasteiger partial charge in [-0.1, -0.05) is 12.1 Å². The molecule has 0 radical (unpaired) electrons. The lowest BCUT2D eigenvalue weighted by molar-refractivity contribution is -0.137. The van der Waals surface area contributed by atoms with E-state index in [1.807, 2.05) is 0 Å². The molecule has 8 heteroatoms. The van der Waals surface area contributed by atoms with E-state index in [-0.39, 0.29) is 11.1 Å². The first-order valence-corrected chi connectivity index (χ1v) is 7.81. The molecule has 0 saturated heterocycles. The standard InChI is InChI=1S/C13H7ClF4O2S/c14-21(19,20)12-6-9(4-10(7-12)13(16,17)18)8-2-1-3-11(15)5-8/h1-7H. The van der Waals surface area contributed by atoms with Gasteiger partial charge in [0.15, 0.2) is 0 Å². The second kappa shape index (κ2) is 5.31. The highest BCUT2D eigenvalue weighted by Gasteiger charge is 2.32. The number of hydrogen-bond donors (Lipinski definition) is 0. The monoisotopic (exact) mass is 338 g/mol. The predicted octanol–water partition coefficient (Wildman–Crippen LogP) is 4.44. The summed E-state index contributed by atoms with van der Waals surface area (Å²) in [6.07, 6.45) is -4.75. The van der Waals surface area contributed by atoms with Crippen LogP contribution in [-0.2, 0) is 15.2 Å². The van der Waals surface area contributed by atoms with Crippen LogP contribution in [0, 0.1) is 5.82 Å². The van der Waals surface area contributed by atoms with Gasteiger partial charge in [0, 0.05) is 10.7 Å². The largest absolute Gasteiger partial charge is 0.416 e. The maximum Gasteiger partial charge on any atom is 0.416 e. The Kier molecular flexibility index (Phi) is 3.99. The van der Waals surface area contributed by atoms with Gasteiger partial charge in [-0.05, 0) is 41.5 Å². The van der Waals surface area contributed by atoms with Gasteiger partial charge in [0.25, 0.3) is 9.05 Å². The van der Waals surface area contributed by atoms with E-state index in [4.69, 9.17) is 10.7 Å². The molecule has 0 atom stereocenters. The highest BCUT2D eigenvalue weighted by molar-refractivity contribution is 8.13. The van der Waals surface area contributed by atoms with E-state index in [0.717, 1.165) is 24.3 Å². The van der Waals surface area contributed by atoms with Crippen molar-refractivity contribution in [2.45, 2.75) is 11.1 Å². The lowest BCUT2D eigenvalue weighted by atomic mass is 10.0. The fourth-order valence-corrected chi connectivity index (χ4v) is 2.54. The smallest absolute Gasteiger partial charge is 0.207 e. The average molecular weight is 339 g/mol. The lowest BCUT2D eigenvalue weighted by Crippen LogP contribution is -2.07. The van der Waals surface area contributed by atoms with Crippen molar-refractivity contribution in [3.05, 3.63) is 53.8 Å². The lowest BCUT2D eigenvalue weighted by Gasteiger charge is -2.11. The van der Waals surface area contributed by atoms with Gasteiger partial charge < -0.3 is 0 Å². The van der Waals surface area contributed by atoms with Gasteiger partial charge in [-0.3, -0.25) is 0 Å². The van der Waals surface area contributed by atoms with E-state index in [1.54, 1.807) is 0 Å². The maximum absolute atomic E-state index is 13.2. The van der Waals surface area contributed by atoms with Crippen LogP contribution in [0.1, 0.15) is 5.56 Å². The molecule has 0 amide bonds. The summed E-state index contributed by atoms with van der Waals surface area (Å²) < 4.78 is 74.2. The Balaban J connectivity index is 2.72. The molecule has 112 valence electrons. The summed E-state index contributed by atoms with van der Waals surface area (Å²) in [5.41, 5.74) is -1.16. The summed E-state index contributed by atoms with van der Waals surface area (Å²) in [4.78, 5) is -0.696. The van der Waals surface area contributed by atoms with Gasteiger partial charge in [-0.25, -0.2) is 12.8 Å². The second-order valence-corrected chi connectivity index (χ2v) is 6.76. The van der Waals surface area contributed by atoms with Crippen LogP contribution in [-0.4, -0.2) is 8.42 Å². The van der Waals surface area contributed by atoms with Crippen LogP contribution < -0.4 is 0 Å². The minimum absolute atomic E-state index is 0.0939. The molecular weight excluding hydrogens is 332 g/mol. The maximum atomic E-state index is 13.2. The minimum atomic E-state index is -4.75. The van der Waals surface area contributed by atoms with Crippen molar-refractivity contribution in [3.63, 3.8) is 0 Å². The minimum Gasteiger partial charge on any atom is -0.207 e. The Morgan fingerprint density at radius 1 is 0.952 bits per heavy atom. The van der Waals surface area contributed by atoms with Crippen LogP contribution in [0.5, 0.6) is 0 Å². The van der Waals surface area contributed by atoms with E-state index in [1.165, 1.54) is 12.1 Å². The molecule has 0 spiro atoms. The van der Waals surface area contributed by atoms with E-state index in [0.29, 0.717) is 6.07 Å². The SMILES string of the molecule is O=S(=O)(Cl)c1cc(-c2cccc(F)c2)cc(C(F)(F)F)c1. The number of halogens is 5. The summed E-state index contributed by atoms with van der Waals surface area (Å²) in [6.45, 7) is 0. The van der Waals surface area contributed by atoms with Crippen molar-refractivity contribution < 1.29 is 26.0 Å². The summed E-state index contributed by atoms with van der Waals surface area (Å²) in [5, 5.41) is 0. The normalized spacial score (nSPS) is 12.4. The van der Waals surface area contributed by atoms with Gasteiger partial charge in [-0.2, -0.15) is 13.2 Å². The van der Waals surface area contributed by atoms with Crippen molar-refractivity contribution in [2.75, 3.05) is 0 Å². The quantitative estimate of drug-likeness (QED) is 0.599. The zero-order valence-electron chi connectivity index (χ0n) is 10.2. The third-order valence-electron chi connectivity index (χ3n) is 2.67. The Bertz CT molecular complexity index is 785. The van der Waals surface area contributed by atoms with Crippen LogP contribution in [0.15, 0.2) is 47.4 Å². The molecule has 0 aromatic heterocycles. The number of hydrogen-bond acceptors (Lipinski definition) is 2. The Hall–Kier alpha value is -1.60. The number of benzene rings is 2. The topological polar surface area (TPSA) is 34.1 Å². The Morgan fingerprint density at radius 2 is 1.62 bits per heavy atom. The molecule has 21 heavy (non-hydrogen) atoms. The molecule has 0 N–H and O–H groups in total. The first kappa shape index (κ1) is 15.8.